The third-order valence-corrected chi connectivity index (χ3v) is 3.13. The average Bonchev–Trinajstić information content (AvgIpc) is 2.28. The number of benzene rings is 1. The first-order valence-electron chi connectivity index (χ1n) is 5.12. The maximum Gasteiger partial charge on any atom is 0.170 e. The van der Waals surface area contributed by atoms with Crippen molar-refractivity contribution in [3.63, 3.8) is 0 Å². The first-order valence-corrected chi connectivity index (χ1v) is 6.61. The van der Waals surface area contributed by atoms with Gasteiger partial charge in [-0.2, -0.15) is 0 Å². The van der Waals surface area contributed by atoms with Crippen molar-refractivity contribution in [2.45, 2.75) is 6.42 Å². The molecule has 3 nitrogen and oxygen atoms in total. The minimum absolute atomic E-state index is 0.251. The third-order valence-electron chi connectivity index (χ3n) is 1.99. The zero-order chi connectivity index (χ0) is 12.7. The number of methoxy groups -OCH3 is 1. The quantitative estimate of drug-likeness (QED) is 0.476. The van der Waals surface area contributed by atoms with Crippen molar-refractivity contribution in [2.24, 2.45) is 0 Å². The van der Waals surface area contributed by atoms with Crippen LogP contribution in [0.4, 0.5) is 10.1 Å². The summed E-state index contributed by atoms with van der Waals surface area (Å²) < 4.78 is 18.6. The smallest absolute Gasteiger partial charge is 0.170 e. The lowest BCUT2D eigenvalue weighted by Gasteiger charge is -2.11. The van der Waals surface area contributed by atoms with Crippen molar-refractivity contribution in [1.82, 2.24) is 5.32 Å². The van der Waals surface area contributed by atoms with E-state index in [0.717, 1.165) is 22.2 Å². The van der Waals surface area contributed by atoms with Gasteiger partial charge < -0.3 is 15.4 Å². The summed E-state index contributed by atoms with van der Waals surface area (Å²) in [5.41, 5.74) is 0.802. The lowest BCUT2D eigenvalue weighted by Crippen LogP contribution is -2.30. The number of nitrogens with one attached hydrogen (secondary N) is 2. The molecule has 0 fully saturated rings. The molecule has 0 aliphatic carbocycles. The van der Waals surface area contributed by atoms with E-state index in [0.29, 0.717) is 11.7 Å². The molecule has 0 aliphatic rings. The number of halogens is 2. The minimum Gasteiger partial charge on any atom is -0.385 e. The van der Waals surface area contributed by atoms with E-state index >= 15 is 0 Å². The number of rotatable bonds is 5. The van der Waals surface area contributed by atoms with Crippen LogP contribution >= 0.6 is 34.8 Å². The Labute approximate surface area is 119 Å². The number of thiocarbonyl (C=S) groups is 1. The highest BCUT2D eigenvalue weighted by Gasteiger charge is 2.03. The van der Waals surface area contributed by atoms with Crippen LogP contribution in [-0.2, 0) is 4.74 Å². The van der Waals surface area contributed by atoms with Gasteiger partial charge in [0.05, 0.1) is 5.69 Å². The van der Waals surface area contributed by atoms with Gasteiger partial charge in [-0.1, -0.05) is 0 Å². The fourth-order valence-corrected chi connectivity index (χ4v) is 2.00. The molecule has 1 rings (SSSR count). The number of anilines is 1. The molecule has 0 saturated heterocycles. The van der Waals surface area contributed by atoms with Gasteiger partial charge in [0.1, 0.15) is 5.82 Å². The summed E-state index contributed by atoms with van der Waals surface area (Å²) in [7, 11) is 1.66. The van der Waals surface area contributed by atoms with E-state index in [1.165, 1.54) is 12.1 Å². The van der Waals surface area contributed by atoms with Crippen LogP contribution in [0.25, 0.3) is 0 Å². The standard InChI is InChI=1S/C11H14FIN2OS/c1-16-6-2-5-14-11(17)15-10-4-3-8(12)7-9(10)13/h3-4,7H,2,5-6H2,1H3,(H2,14,15,17). The number of hydrogen-bond acceptors (Lipinski definition) is 2. The second-order valence-electron chi connectivity index (χ2n) is 3.35. The van der Waals surface area contributed by atoms with Crippen LogP contribution < -0.4 is 10.6 Å². The Morgan fingerprint density at radius 1 is 1.53 bits per heavy atom. The summed E-state index contributed by atoms with van der Waals surface area (Å²) >= 11 is 7.18. The molecule has 0 amide bonds. The highest BCUT2D eigenvalue weighted by Crippen LogP contribution is 2.18. The van der Waals surface area contributed by atoms with Crippen molar-refractivity contribution in [3.8, 4) is 0 Å². The van der Waals surface area contributed by atoms with Gasteiger partial charge in [0.25, 0.3) is 0 Å². The molecule has 94 valence electrons. The summed E-state index contributed by atoms with van der Waals surface area (Å²) in [5.74, 6) is -0.251. The maximum atomic E-state index is 12.9. The number of ether oxygens (including phenoxy) is 1. The first-order chi connectivity index (χ1) is 8.13. The Bertz CT molecular complexity index is 390. The molecule has 17 heavy (non-hydrogen) atoms. The van der Waals surface area contributed by atoms with Crippen molar-refractivity contribution in [3.05, 3.63) is 27.6 Å². The molecular formula is C11H14FIN2OS. The SMILES string of the molecule is COCCCNC(=S)Nc1ccc(F)cc1I. The molecule has 0 atom stereocenters. The molecular weight excluding hydrogens is 354 g/mol. The van der Waals surface area contributed by atoms with Crippen LogP contribution in [0.5, 0.6) is 0 Å². The van der Waals surface area contributed by atoms with Gasteiger partial charge in [0.2, 0.25) is 0 Å². The second kappa shape index (κ2) is 7.78. The average molecular weight is 368 g/mol. The van der Waals surface area contributed by atoms with Crippen LogP contribution in [0.3, 0.4) is 0 Å². The topological polar surface area (TPSA) is 33.3 Å². The monoisotopic (exact) mass is 368 g/mol. The molecule has 0 aromatic heterocycles. The highest BCUT2D eigenvalue weighted by molar-refractivity contribution is 14.1. The van der Waals surface area contributed by atoms with E-state index in [4.69, 9.17) is 17.0 Å². The minimum atomic E-state index is -0.251. The highest BCUT2D eigenvalue weighted by atomic mass is 127. The molecule has 1 aromatic carbocycles. The molecule has 0 aliphatic heterocycles. The molecule has 0 heterocycles. The van der Waals surface area contributed by atoms with E-state index in [9.17, 15) is 4.39 Å². The van der Waals surface area contributed by atoms with Crippen LogP contribution in [0.2, 0.25) is 0 Å². The van der Waals surface area contributed by atoms with Crippen LogP contribution in [0.15, 0.2) is 18.2 Å². The normalized spacial score (nSPS) is 10.1. The predicted molar refractivity (Wildman–Crippen MR) is 79.8 cm³/mol. The van der Waals surface area contributed by atoms with Crippen molar-refractivity contribution < 1.29 is 9.13 Å². The lowest BCUT2D eigenvalue weighted by atomic mass is 10.3. The van der Waals surface area contributed by atoms with Gasteiger partial charge in [0, 0.05) is 23.8 Å². The maximum absolute atomic E-state index is 12.9. The molecule has 2 N–H and O–H groups in total. The largest absolute Gasteiger partial charge is 0.385 e. The van der Waals surface area contributed by atoms with E-state index < -0.39 is 0 Å². The van der Waals surface area contributed by atoms with Crippen LogP contribution in [-0.4, -0.2) is 25.4 Å². The zero-order valence-electron chi connectivity index (χ0n) is 9.43. The van der Waals surface area contributed by atoms with Gasteiger partial charge >= 0.3 is 0 Å². The van der Waals surface area contributed by atoms with Crippen LogP contribution in [0, 0.1) is 9.39 Å². The Morgan fingerprint density at radius 3 is 2.94 bits per heavy atom. The number of hydrogen-bond donors (Lipinski definition) is 2. The van der Waals surface area contributed by atoms with E-state index in [-0.39, 0.29) is 5.82 Å². The van der Waals surface area contributed by atoms with Gasteiger partial charge in [0.15, 0.2) is 5.11 Å². The van der Waals surface area contributed by atoms with Crippen molar-refractivity contribution in [1.29, 1.82) is 0 Å². The van der Waals surface area contributed by atoms with E-state index in [2.05, 4.69) is 33.2 Å². The van der Waals surface area contributed by atoms with Crippen molar-refractivity contribution in [2.75, 3.05) is 25.6 Å². The molecule has 0 saturated carbocycles. The fourth-order valence-electron chi connectivity index (χ4n) is 1.18. The molecule has 0 spiro atoms. The predicted octanol–water partition coefficient (Wildman–Crippen LogP) is 2.75. The Kier molecular flexibility index (Phi) is 6.68. The van der Waals surface area contributed by atoms with E-state index in [1.54, 1.807) is 13.2 Å². The fraction of sp³-hybridized carbons (Fsp3) is 0.364. The second-order valence-corrected chi connectivity index (χ2v) is 4.92. The molecule has 0 radical (unpaired) electrons. The lowest BCUT2D eigenvalue weighted by molar-refractivity contribution is 0.196. The summed E-state index contributed by atoms with van der Waals surface area (Å²) in [6.07, 6.45) is 0.888. The summed E-state index contributed by atoms with van der Waals surface area (Å²) in [6.45, 7) is 1.45. The van der Waals surface area contributed by atoms with Crippen LogP contribution in [0.1, 0.15) is 6.42 Å². The Morgan fingerprint density at radius 2 is 2.29 bits per heavy atom. The van der Waals surface area contributed by atoms with Gasteiger partial charge in [-0.05, 0) is 59.4 Å². The summed E-state index contributed by atoms with van der Waals surface area (Å²) in [4.78, 5) is 0. The Balaban J connectivity index is 2.40. The third kappa shape index (κ3) is 5.60. The molecule has 0 bridgehead atoms. The first kappa shape index (κ1) is 14.6. The van der Waals surface area contributed by atoms with Crippen molar-refractivity contribution >= 4 is 45.6 Å². The molecule has 1 aromatic rings. The van der Waals surface area contributed by atoms with Gasteiger partial charge in [-0.15, -0.1) is 0 Å². The summed E-state index contributed by atoms with van der Waals surface area (Å²) in [6, 6.07) is 4.52. The van der Waals surface area contributed by atoms with E-state index in [1.807, 2.05) is 0 Å². The summed E-state index contributed by atoms with van der Waals surface area (Å²) in [5, 5.41) is 6.60. The zero-order valence-corrected chi connectivity index (χ0v) is 12.4. The molecule has 6 heteroatoms. The Hall–Kier alpha value is -0.470. The van der Waals surface area contributed by atoms with Gasteiger partial charge in [-0.25, -0.2) is 4.39 Å². The molecule has 0 unspecified atom stereocenters. The van der Waals surface area contributed by atoms with Gasteiger partial charge in [-0.3, -0.25) is 0 Å².